The van der Waals surface area contributed by atoms with Crippen LogP contribution in [0.15, 0.2) is 18.2 Å². The van der Waals surface area contributed by atoms with E-state index in [4.69, 9.17) is 4.74 Å². The van der Waals surface area contributed by atoms with Crippen molar-refractivity contribution in [3.63, 3.8) is 0 Å². The number of ether oxygens (including phenoxy) is 1. The number of nitrogens with zero attached hydrogens (tertiary/aromatic N) is 1. The molecule has 1 saturated carbocycles. The second kappa shape index (κ2) is 3.41. The molecule has 0 spiro atoms. The summed E-state index contributed by atoms with van der Waals surface area (Å²) < 4.78 is 6.18. The average Bonchev–Trinajstić information content (AvgIpc) is 2.72. The molecule has 1 N–H and O–H groups in total. The first-order valence-corrected chi connectivity index (χ1v) is 6.92. The van der Waals surface area contributed by atoms with Gasteiger partial charge in [-0.25, -0.2) is 0 Å². The monoisotopic (exact) mass is 245 g/mol. The van der Waals surface area contributed by atoms with E-state index in [9.17, 15) is 5.11 Å². The lowest BCUT2D eigenvalue weighted by Gasteiger charge is -2.51. The highest BCUT2D eigenvalue weighted by Gasteiger charge is 2.57. The third-order valence-electron chi connectivity index (χ3n) is 5.27. The van der Waals surface area contributed by atoms with Crippen LogP contribution in [-0.2, 0) is 5.41 Å². The van der Waals surface area contributed by atoms with E-state index in [1.807, 2.05) is 6.07 Å². The van der Waals surface area contributed by atoms with Gasteiger partial charge in [-0.3, -0.25) is 4.90 Å². The molecule has 1 aromatic carbocycles. The van der Waals surface area contributed by atoms with E-state index >= 15 is 0 Å². The van der Waals surface area contributed by atoms with Gasteiger partial charge in [0.05, 0.1) is 0 Å². The summed E-state index contributed by atoms with van der Waals surface area (Å²) in [5.74, 6) is 1.06. The number of rotatable bonds is 0. The first-order valence-electron chi connectivity index (χ1n) is 6.92. The Bertz CT molecular complexity index is 501. The van der Waals surface area contributed by atoms with Crippen molar-refractivity contribution in [1.29, 1.82) is 0 Å². The highest BCUT2D eigenvalue weighted by Crippen LogP contribution is 2.57. The van der Waals surface area contributed by atoms with Crippen LogP contribution in [0, 0.1) is 0 Å². The number of benzene rings is 1. The van der Waals surface area contributed by atoms with Gasteiger partial charge in [0.25, 0.3) is 0 Å². The second-order valence-electron chi connectivity index (χ2n) is 6.04. The summed E-state index contributed by atoms with van der Waals surface area (Å²) >= 11 is 0. The predicted molar refractivity (Wildman–Crippen MR) is 69.1 cm³/mol. The van der Waals surface area contributed by atoms with Crippen molar-refractivity contribution in [2.75, 3.05) is 13.6 Å². The van der Waals surface area contributed by atoms with Crippen molar-refractivity contribution >= 4 is 0 Å². The molecule has 2 bridgehead atoms. The quantitative estimate of drug-likeness (QED) is 0.761. The normalized spacial score (nSPS) is 37.8. The van der Waals surface area contributed by atoms with Gasteiger partial charge < -0.3 is 9.84 Å². The smallest absolute Gasteiger partial charge is 0.165 e. The summed E-state index contributed by atoms with van der Waals surface area (Å²) in [6.45, 7) is 1.14. The summed E-state index contributed by atoms with van der Waals surface area (Å²) in [4.78, 5) is 2.44. The Kier molecular flexibility index (Phi) is 2.03. The zero-order valence-corrected chi connectivity index (χ0v) is 10.7. The Morgan fingerprint density at radius 1 is 1.39 bits per heavy atom. The molecule has 0 radical (unpaired) electrons. The minimum Gasteiger partial charge on any atom is -0.504 e. The van der Waals surface area contributed by atoms with Crippen LogP contribution < -0.4 is 4.74 Å². The van der Waals surface area contributed by atoms with E-state index in [1.165, 1.54) is 24.8 Å². The molecule has 1 saturated heterocycles. The number of hydrogen-bond donors (Lipinski definition) is 1. The molecule has 3 aliphatic rings. The topological polar surface area (TPSA) is 32.7 Å². The second-order valence-corrected chi connectivity index (χ2v) is 6.04. The Balaban J connectivity index is 1.89. The molecule has 0 amide bonds. The molecular formula is C15H19NO2. The first kappa shape index (κ1) is 10.7. The SMILES string of the molecule is CN1CC[C@@]23CCCC1[C@H]2Oc1c(O)cccc13. The minimum atomic E-state index is 0.170. The first-order chi connectivity index (χ1) is 8.72. The summed E-state index contributed by atoms with van der Waals surface area (Å²) in [5.41, 5.74) is 1.43. The molecule has 4 rings (SSSR count). The van der Waals surface area contributed by atoms with Crippen molar-refractivity contribution in [2.24, 2.45) is 0 Å². The van der Waals surface area contributed by atoms with Crippen LogP contribution in [-0.4, -0.2) is 35.7 Å². The van der Waals surface area contributed by atoms with Gasteiger partial charge >= 0.3 is 0 Å². The molecule has 3 atom stereocenters. The van der Waals surface area contributed by atoms with Gasteiger partial charge in [-0.15, -0.1) is 0 Å². The third kappa shape index (κ3) is 1.13. The van der Waals surface area contributed by atoms with Gasteiger partial charge in [0.15, 0.2) is 11.5 Å². The summed E-state index contributed by atoms with van der Waals surface area (Å²) in [7, 11) is 2.20. The van der Waals surface area contributed by atoms with Crippen LogP contribution >= 0.6 is 0 Å². The molecule has 1 unspecified atom stereocenters. The molecule has 18 heavy (non-hydrogen) atoms. The Morgan fingerprint density at radius 2 is 2.28 bits per heavy atom. The molecule has 2 heterocycles. The maximum atomic E-state index is 10.0. The number of hydrogen-bond acceptors (Lipinski definition) is 3. The molecule has 3 nitrogen and oxygen atoms in total. The zero-order valence-electron chi connectivity index (χ0n) is 10.7. The van der Waals surface area contributed by atoms with E-state index in [2.05, 4.69) is 18.0 Å². The van der Waals surface area contributed by atoms with Crippen molar-refractivity contribution < 1.29 is 9.84 Å². The number of phenolic OH excluding ortho intramolecular Hbond substituents is 1. The van der Waals surface area contributed by atoms with Crippen LogP contribution in [0.25, 0.3) is 0 Å². The fourth-order valence-corrected chi connectivity index (χ4v) is 4.33. The summed E-state index contributed by atoms with van der Waals surface area (Å²) in [6, 6.07) is 6.36. The molecule has 96 valence electrons. The average molecular weight is 245 g/mol. The Labute approximate surface area is 107 Å². The standard InChI is InChI=1S/C15H19NO2/c1-16-9-8-15-7-3-5-11(16)14(15)18-13-10(15)4-2-6-12(13)17/h2,4,6,11,14,17H,3,5,7-9H2,1H3/t11?,14-,15-/m1/s1. The van der Waals surface area contributed by atoms with Crippen molar-refractivity contribution in [2.45, 2.75) is 43.2 Å². The third-order valence-corrected chi connectivity index (χ3v) is 5.27. The van der Waals surface area contributed by atoms with Crippen LogP contribution in [0.5, 0.6) is 11.5 Å². The van der Waals surface area contributed by atoms with Gasteiger partial charge in [0, 0.05) is 17.0 Å². The Morgan fingerprint density at radius 3 is 3.17 bits per heavy atom. The van der Waals surface area contributed by atoms with E-state index in [0.29, 0.717) is 11.8 Å². The number of fused-ring (bicyclic) bond motifs is 1. The molecule has 1 aliphatic carbocycles. The number of aromatic hydroxyl groups is 1. The molecule has 1 aromatic rings. The lowest BCUT2D eigenvalue weighted by atomic mass is 9.62. The van der Waals surface area contributed by atoms with Crippen LogP contribution in [0.1, 0.15) is 31.2 Å². The highest BCUT2D eigenvalue weighted by atomic mass is 16.5. The van der Waals surface area contributed by atoms with E-state index in [1.54, 1.807) is 6.07 Å². The molecule has 2 fully saturated rings. The number of phenols is 1. The molecule has 0 aromatic heterocycles. The number of piperidine rings is 1. The van der Waals surface area contributed by atoms with E-state index < -0.39 is 0 Å². The molecular weight excluding hydrogens is 226 g/mol. The van der Waals surface area contributed by atoms with Gasteiger partial charge in [-0.2, -0.15) is 0 Å². The number of para-hydroxylation sites is 1. The summed E-state index contributed by atoms with van der Waals surface area (Å²) in [6.07, 6.45) is 5.09. The zero-order chi connectivity index (χ0) is 12.3. The summed E-state index contributed by atoms with van der Waals surface area (Å²) in [5, 5.41) is 10.0. The maximum absolute atomic E-state index is 10.0. The largest absolute Gasteiger partial charge is 0.504 e. The minimum absolute atomic E-state index is 0.170. The van der Waals surface area contributed by atoms with Crippen molar-refractivity contribution in [3.8, 4) is 11.5 Å². The Hall–Kier alpha value is -1.22. The maximum Gasteiger partial charge on any atom is 0.165 e. The fraction of sp³-hybridized carbons (Fsp3) is 0.600. The van der Waals surface area contributed by atoms with Crippen LogP contribution in [0.3, 0.4) is 0 Å². The molecule has 2 aliphatic heterocycles. The number of likely N-dealkylation sites (N-methyl/N-ethyl adjacent to an activating group) is 1. The predicted octanol–water partition coefficient (Wildman–Crippen LogP) is 2.28. The van der Waals surface area contributed by atoms with E-state index in [0.717, 1.165) is 18.7 Å². The van der Waals surface area contributed by atoms with Crippen LogP contribution in [0.2, 0.25) is 0 Å². The fourth-order valence-electron chi connectivity index (χ4n) is 4.33. The van der Waals surface area contributed by atoms with Crippen molar-refractivity contribution in [1.82, 2.24) is 4.90 Å². The molecule has 3 heteroatoms. The highest BCUT2D eigenvalue weighted by molar-refractivity contribution is 5.54. The van der Waals surface area contributed by atoms with Gasteiger partial charge in [0.2, 0.25) is 0 Å². The van der Waals surface area contributed by atoms with Gasteiger partial charge in [0.1, 0.15) is 6.10 Å². The van der Waals surface area contributed by atoms with Gasteiger partial charge in [-0.1, -0.05) is 18.6 Å². The lowest BCUT2D eigenvalue weighted by molar-refractivity contribution is -0.0308. The lowest BCUT2D eigenvalue weighted by Crippen LogP contribution is -2.60. The van der Waals surface area contributed by atoms with Gasteiger partial charge in [-0.05, 0) is 38.9 Å². The van der Waals surface area contributed by atoms with Crippen molar-refractivity contribution in [3.05, 3.63) is 23.8 Å². The number of likely N-dealkylation sites (tertiary alicyclic amines) is 1. The van der Waals surface area contributed by atoms with E-state index in [-0.39, 0.29) is 11.5 Å². The van der Waals surface area contributed by atoms with Crippen LogP contribution in [0.4, 0.5) is 0 Å².